The number of hydrogen-bond acceptors (Lipinski definition) is 4. The molecule has 14 heavy (non-hydrogen) atoms. The highest BCUT2D eigenvalue weighted by atomic mass is 16.4. The number of aryl methyl sites for hydroxylation is 1. The molecular formula is C9H13N3O2. The van der Waals surface area contributed by atoms with Crippen LogP contribution < -0.4 is 4.90 Å². The predicted octanol–water partition coefficient (Wildman–Crippen LogP) is 0.696. The van der Waals surface area contributed by atoms with Crippen LogP contribution in [0.4, 0.5) is 5.82 Å². The summed E-state index contributed by atoms with van der Waals surface area (Å²) in [4.78, 5) is 12.1. The van der Waals surface area contributed by atoms with Crippen LogP contribution in [0.25, 0.3) is 0 Å². The summed E-state index contributed by atoms with van der Waals surface area (Å²) in [6.07, 6.45) is 0.103. The minimum atomic E-state index is -0.808. The summed E-state index contributed by atoms with van der Waals surface area (Å²) in [5.74, 6) is -0.117. The van der Waals surface area contributed by atoms with Gasteiger partial charge in [0.15, 0.2) is 5.82 Å². The maximum absolute atomic E-state index is 10.3. The van der Waals surface area contributed by atoms with E-state index in [2.05, 4.69) is 10.2 Å². The molecule has 1 aromatic rings. The molecule has 1 N–H and O–H groups in total. The monoisotopic (exact) mass is 195 g/mol. The Morgan fingerprint density at radius 3 is 2.71 bits per heavy atom. The van der Waals surface area contributed by atoms with E-state index in [4.69, 9.17) is 5.11 Å². The predicted molar refractivity (Wildman–Crippen MR) is 52.3 cm³/mol. The van der Waals surface area contributed by atoms with Crippen molar-refractivity contribution in [1.82, 2.24) is 10.2 Å². The highest BCUT2D eigenvalue weighted by Crippen LogP contribution is 2.06. The van der Waals surface area contributed by atoms with Gasteiger partial charge in [-0.25, -0.2) is 0 Å². The van der Waals surface area contributed by atoms with E-state index in [1.54, 1.807) is 11.9 Å². The number of aliphatic carboxylic acids is 1. The summed E-state index contributed by atoms with van der Waals surface area (Å²) in [7, 11) is 1.79. The van der Waals surface area contributed by atoms with E-state index in [9.17, 15) is 4.79 Å². The van der Waals surface area contributed by atoms with Gasteiger partial charge in [-0.15, -0.1) is 5.10 Å². The molecule has 0 bridgehead atoms. The van der Waals surface area contributed by atoms with Crippen LogP contribution in [0, 0.1) is 6.92 Å². The number of anilines is 1. The average molecular weight is 195 g/mol. The third kappa shape index (κ3) is 3.01. The molecule has 0 aliphatic rings. The first kappa shape index (κ1) is 10.4. The fourth-order valence-electron chi connectivity index (χ4n) is 0.973. The second-order valence-corrected chi connectivity index (χ2v) is 3.10. The van der Waals surface area contributed by atoms with E-state index >= 15 is 0 Å². The zero-order chi connectivity index (χ0) is 10.6. The van der Waals surface area contributed by atoms with Gasteiger partial charge < -0.3 is 10.0 Å². The van der Waals surface area contributed by atoms with Crippen LogP contribution in [0.15, 0.2) is 12.1 Å². The Morgan fingerprint density at radius 2 is 2.21 bits per heavy atom. The molecule has 1 aromatic heterocycles. The number of aromatic nitrogens is 2. The van der Waals surface area contributed by atoms with Gasteiger partial charge in [0.25, 0.3) is 0 Å². The van der Waals surface area contributed by atoms with Gasteiger partial charge in [-0.05, 0) is 19.1 Å². The third-order valence-corrected chi connectivity index (χ3v) is 1.84. The quantitative estimate of drug-likeness (QED) is 0.765. The number of carboxylic acids is 1. The Kier molecular flexibility index (Phi) is 3.39. The van der Waals surface area contributed by atoms with E-state index in [-0.39, 0.29) is 6.42 Å². The lowest BCUT2D eigenvalue weighted by atomic mass is 10.3. The number of nitrogens with zero attached hydrogens (tertiary/aromatic N) is 3. The van der Waals surface area contributed by atoms with E-state index < -0.39 is 5.97 Å². The number of carboxylic acid groups (broad SMARTS) is 1. The molecule has 0 saturated carbocycles. The molecule has 1 rings (SSSR count). The van der Waals surface area contributed by atoms with Crippen molar-refractivity contribution in [3.05, 3.63) is 17.8 Å². The van der Waals surface area contributed by atoms with E-state index in [0.29, 0.717) is 12.4 Å². The summed E-state index contributed by atoms with van der Waals surface area (Å²) < 4.78 is 0. The highest BCUT2D eigenvalue weighted by molar-refractivity contribution is 5.67. The van der Waals surface area contributed by atoms with Crippen molar-refractivity contribution in [2.75, 3.05) is 18.5 Å². The Bertz CT molecular complexity index is 310. The topological polar surface area (TPSA) is 66.3 Å². The molecular weight excluding hydrogens is 182 g/mol. The maximum atomic E-state index is 10.3. The van der Waals surface area contributed by atoms with Crippen LogP contribution >= 0.6 is 0 Å². The Balaban J connectivity index is 2.56. The number of hydrogen-bond donors (Lipinski definition) is 1. The van der Waals surface area contributed by atoms with Crippen LogP contribution in [-0.2, 0) is 4.79 Å². The lowest BCUT2D eigenvalue weighted by Gasteiger charge is -2.15. The molecule has 1 heterocycles. The lowest BCUT2D eigenvalue weighted by molar-refractivity contribution is -0.136. The first-order valence-electron chi connectivity index (χ1n) is 4.33. The van der Waals surface area contributed by atoms with E-state index in [1.807, 2.05) is 19.1 Å². The van der Waals surface area contributed by atoms with Gasteiger partial charge in [-0.2, -0.15) is 5.10 Å². The molecule has 0 unspecified atom stereocenters. The lowest BCUT2D eigenvalue weighted by Crippen LogP contribution is -2.22. The van der Waals surface area contributed by atoms with Crippen LogP contribution in [0.2, 0.25) is 0 Å². The minimum absolute atomic E-state index is 0.103. The SMILES string of the molecule is Cc1ccc(N(C)CCC(=O)O)nn1. The number of rotatable bonds is 4. The van der Waals surface area contributed by atoms with Crippen LogP contribution in [0.5, 0.6) is 0 Å². The van der Waals surface area contributed by atoms with Gasteiger partial charge >= 0.3 is 5.97 Å². The highest BCUT2D eigenvalue weighted by Gasteiger charge is 2.04. The first-order valence-corrected chi connectivity index (χ1v) is 4.33. The van der Waals surface area contributed by atoms with Gasteiger partial charge in [-0.1, -0.05) is 0 Å². The van der Waals surface area contributed by atoms with E-state index in [1.165, 1.54) is 0 Å². The zero-order valence-corrected chi connectivity index (χ0v) is 8.27. The molecule has 5 heteroatoms. The van der Waals surface area contributed by atoms with Gasteiger partial charge in [0.05, 0.1) is 12.1 Å². The Morgan fingerprint density at radius 1 is 1.50 bits per heavy atom. The second kappa shape index (κ2) is 4.55. The zero-order valence-electron chi connectivity index (χ0n) is 8.27. The van der Waals surface area contributed by atoms with Gasteiger partial charge in [0.2, 0.25) is 0 Å². The molecule has 0 aromatic carbocycles. The summed E-state index contributed by atoms with van der Waals surface area (Å²) in [5, 5.41) is 16.3. The van der Waals surface area contributed by atoms with Crippen molar-refractivity contribution >= 4 is 11.8 Å². The summed E-state index contributed by atoms with van der Waals surface area (Å²) >= 11 is 0. The van der Waals surface area contributed by atoms with Crippen LogP contribution in [0.3, 0.4) is 0 Å². The summed E-state index contributed by atoms with van der Waals surface area (Å²) in [6.45, 7) is 2.29. The molecule has 0 saturated heterocycles. The fraction of sp³-hybridized carbons (Fsp3) is 0.444. The fourth-order valence-corrected chi connectivity index (χ4v) is 0.973. The van der Waals surface area contributed by atoms with Crippen molar-refractivity contribution in [1.29, 1.82) is 0 Å². The largest absolute Gasteiger partial charge is 0.481 e. The molecule has 0 radical (unpaired) electrons. The summed E-state index contributed by atoms with van der Waals surface area (Å²) in [6, 6.07) is 3.67. The van der Waals surface area contributed by atoms with Gasteiger partial charge in [0, 0.05) is 13.6 Å². The maximum Gasteiger partial charge on any atom is 0.305 e. The average Bonchev–Trinajstić information content (AvgIpc) is 2.15. The van der Waals surface area contributed by atoms with Crippen LogP contribution in [-0.4, -0.2) is 34.9 Å². The van der Waals surface area contributed by atoms with Crippen molar-refractivity contribution in [2.45, 2.75) is 13.3 Å². The summed E-state index contributed by atoms with van der Waals surface area (Å²) in [5.41, 5.74) is 0.848. The minimum Gasteiger partial charge on any atom is -0.481 e. The smallest absolute Gasteiger partial charge is 0.305 e. The van der Waals surface area contributed by atoms with Crippen molar-refractivity contribution in [3.63, 3.8) is 0 Å². The van der Waals surface area contributed by atoms with Crippen molar-refractivity contribution in [3.8, 4) is 0 Å². The Labute approximate surface area is 82.4 Å². The molecule has 0 aliphatic carbocycles. The van der Waals surface area contributed by atoms with Gasteiger partial charge in [0.1, 0.15) is 0 Å². The first-order chi connectivity index (χ1) is 6.59. The standard InChI is InChI=1S/C9H13N3O2/c1-7-3-4-8(11-10-7)12(2)6-5-9(13)14/h3-4H,5-6H2,1-2H3,(H,13,14). The van der Waals surface area contributed by atoms with Gasteiger partial charge in [-0.3, -0.25) is 4.79 Å². The Hall–Kier alpha value is -1.65. The van der Waals surface area contributed by atoms with Crippen molar-refractivity contribution in [2.24, 2.45) is 0 Å². The normalized spacial score (nSPS) is 9.86. The third-order valence-electron chi connectivity index (χ3n) is 1.84. The van der Waals surface area contributed by atoms with Crippen molar-refractivity contribution < 1.29 is 9.90 Å². The molecule has 0 fully saturated rings. The van der Waals surface area contributed by atoms with E-state index in [0.717, 1.165) is 5.69 Å². The molecule has 0 aliphatic heterocycles. The molecule has 5 nitrogen and oxygen atoms in total. The molecule has 76 valence electrons. The molecule has 0 atom stereocenters. The number of carbonyl (C=O) groups is 1. The van der Waals surface area contributed by atoms with Crippen LogP contribution in [0.1, 0.15) is 12.1 Å². The molecule has 0 amide bonds. The molecule has 0 spiro atoms. The second-order valence-electron chi connectivity index (χ2n) is 3.10.